The third kappa shape index (κ3) is 3.25. The van der Waals surface area contributed by atoms with Crippen LogP contribution < -0.4 is 10.1 Å². The van der Waals surface area contributed by atoms with Gasteiger partial charge in [-0.25, -0.2) is 0 Å². The highest BCUT2D eigenvalue weighted by atomic mass is 16.5. The highest BCUT2D eigenvalue weighted by Crippen LogP contribution is 2.28. The molecule has 3 atom stereocenters. The molecule has 2 aliphatic rings. The van der Waals surface area contributed by atoms with Crippen LogP contribution in [0.5, 0.6) is 5.75 Å². The van der Waals surface area contributed by atoms with Crippen LogP contribution >= 0.6 is 0 Å². The largest absolute Gasteiger partial charge is 0.497 e. The van der Waals surface area contributed by atoms with Crippen LogP contribution in [-0.2, 0) is 4.79 Å². The van der Waals surface area contributed by atoms with Crippen LogP contribution in [0.2, 0.25) is 0 Å². The number of hydrogen-bond acceptors (Lipinski definition) is 4. The van der Waals surface area contributed by atoms with Crippen LogP contribution in [0.1, 0.15) is 37.4 Å². The highest BCUT2D eigenvalue weighted by molar-refractivity contribution is 5.79. The number of amides is 1. The van der Waals surface area contributed by atoms with E-state index in [4.69, 9.17) is 4.74 Å². The Kier molecular flexibility index (Phi) is 4.64. The van der Waals surface area contributed by atoms with Gasteiger partial charge in [-0.3, -0.25) is 9.69 Å². The zero-order chi connectivity index (χ0) is 15.5. The summed E-state index contributed by atoms with van der Waals surface area (Å²) >= 11 is 0. The van der Waals surface area contributed by atoms with E-state index >= 15 is 0 Å². The van der Waals surface area contributed by atoms with E-state index in [2.05, 4.69) is 10.2 Å². The van der Waals surface area contributed by atoms with Crippen molar-refractivity contribution in [1.29, 1.82) is 0 Å². The van der Waals surface area contributed by atoms with Gasteiger partial charge in [-0.2, -0.15) is 0 Å². The molecule has 3 unspecified atom stereocenters. The number of aliphatic hydroxyl groups excluding tert-OH is 1. The molecule has 5 nitrogen and oxygen atoms in total. The number of rotatable bonds is 4. The molecule has 5 heteroatoms. The molecule has 1 amide bonds. The Morgan fingerprint density at radius 1 is 1.41 bits per heavy atom. The Bertz CT molecular complexity index is 534. The molecular formula is C17H24N2O3. The Hall–Kier alpha value is -1.59. The number of benzene rings is 1. The van der Waals surface area contributed by atoms with Crippen molar-refractivity contribution in [3.63, 3.8) is 0 Å². The first-order valence-electron chi connectivity index (χ1n) is 8.03. The first-order valence-corrected chi connectivity index (χ1v) is 8.03. The van der Waals surface area contributed by atoms with Gasteiger partial charge in [0.1, 0.15) is 5.75 Å². The van der Waals surface area contributed by atoms with E-state index in [-0.39, 0.29) is 11.9 Å². The minimum atomic E-state index is -0.608. The summed E-state index contributed by atoms with van der Waals surface area (Å²) in [4.78, 5) is 14.0. The van der Waals surface area contributed by atoms with Crippen molar-refractivity contribution >= 4 is 5.91 Å². The average Bonchev–Trinajstić information content (AvgIpc) is 2.54. The summed E-state index contributed by atoms with van der Waals surface area (Å²) in [7, 11) is 1.62. The molecular weight excluding hydrogens is 280 g/mol. The van der Waals surface area contributed by atoms with E-state index < -0.39 is 6.10 Å². The molecule has 0 radical (unpaired) electrons. The maximum absolute atomic E-state index is 11.9. The Morgan fingerprint density at radius 3 is 3.05 bits per heavy atom. The molecule has 1 aromatic carbocycles. The number of piperazine rings is 1. The zero-order valence-electron chi connectivity index (χ0n) is 13.0. The molecule has 0 spiro atoms. The molecule has 120 valence electrons. The maximum Gasteiger partial charge on any atom is 0.234 e. The number of methoxy groups -OCH3 is 1. The molecule has 0 bridgehead atoms. The third-order valence-corrected chi connectivity index (χ3v) is 4.78. The van der Waals surface area contributed by atoms with Gasteiger partial charge in [-0.05, 0) is 30.5 Å². The van der Waals surface area contributed by atoms with Gasteiger partial charge in [0, 0.05) is 18.6 Å². The molecule has 1 aromatic rings. The minimum Gasteiger partial charge on any atom is -0.497 e. The number of fused-ring (bicyclic) bond motifs is 1. The van der Waals surface area contributed by atoms with E-state index in [1.807, 2.05) is 24.3 Å². The van der Waals surface area contributed by atoms with Gasteiger partial charge in [-0.1, -0.05) is 25.0 Å². The van der Waals surface area contributed by atoms with E-state index in [0.29, 0.717) is 19.1 Å². The number of carbonyl (C=O) groups is 1. The summed E-state index contributed by atoms with van der Waals surface area (Å²) in [6.07, 6.45) is 3.90. The Morgan fingerprint density at radius 2 is 2.23 bits per heavy atom. The molecule has 2 N–H and O–H groups in total. The predicted octanol–water partition coefficient (Wildman–Crippen LogP) is 1.47. The second-order valence-corrected chi connectivity index (χ2v) is 6.25. The van der Waals surface area contributed by atoms with Gasteiger partial charge < -0.3 is 15.2 Å². The number of hydrogen-bond donors (Lipinski definition) is 2. The number of ether oxygens (including phenoxy) is 1. The minimum absolute atomic E-state index is 0.0704. The summed E-state index contributed by atoms with van der Waals surface area (Å²) in [5, 5.41) is 13.6. The van der Waals surface area contributed by atoms with E-state index in [0.717, 1.165) is 24.2 Å². The molecule has 1 heterocycles. The van der Waals surface area contributed by atoms with E-state index in [9.17, 15) is 9.90 Å². The monoisotopic (exact) mass is 304 g/mol. The standard InChI is InChI=1S/C17H24N2O3/c1-22-13-6-4-5-12(9-13)16(20)10-19-11-17(21)18-14-7-2-3-8-15(14)19/h4-6,9,14-16,20H,2-3,7-8,10-11H2,1H3,(H,18,21). The fourth-order valence-corrected chi connectivity index (χ4v) is 3.65. The highest BCUT2D eigenvalue weighted by Gasteiger charge is 2.37. The lowest BCUT2D eigenvalue weighted by Gasteiger charge is -2.44. The molecule has 1 aliphatic heterocycles. The lowest BCUT2D eigenvalue weighted by Crippen LogP contribution is -2.62. The Labute approximate surface area is 131 Å². The summed E-state index contributed by atoms with van der Waals surface area (Å²) in [5.74, 6) is 0.810. The number of aliphatic hydroxyl groups is 1. The first kappa shape index (κ1) is 15.3. The van der Waals surface area contributed by atoms with Crippen molar-refractivity contribution in [2.24, 2.45) is 0 Å². The fourth-order valence-electron chi connectivity index (χ4n) is 3.65. The van der Waals surface area contributed by atoms with Crippen LogP contribution in [0.25, 0.3) is 0 Å². The predicted molar refractivity (Wildman–Crippen MR) is 83.7 cm³/mol. The van der Waals surface area contributed by atoms with Crippen LogP contribution in [0.4, 0.5) is 0 Å². The second-order valence-electron chi connectivity index (χ2n) is 6.25. The maximum atomic E-state index is 11.9. The third-order valence-electron chi connectivity index (χ3n) is 4.78. The van der Waals surface area contributed by atoms with Crippen molar-refractivity contribution in [2.45, 2.75) is 43.9 Å². The van der Waals surface area contributed by atoms with Gasteiger partial charge in [0.15, 0.2) is 0 Å². The van der Waals surface area contributed by atoms with Gasteiger partial charge in [0.2, 0.25) is 5.91 Å². The zero-order valence-corrected chi connectivity index (χ0v) is 13.0. The van der Waals surface area contributed by atoms with Crippen molar-refractivity contribution in [2.75, 3.05) is 20.2 Å². The normalized spacial score (nSPS) is 26.9. The first-order chi connectivity index (χ1) is 10.7. The lowest BCUT2D eigenvalue weighted by molar-refractivity contribution is -0.129. The van der Waals surface area contributed by atoms with Gasteiger partial charge >= 0.3 is 0 Å². The molecule has 22 heavy (non-hydrogen) atoms. The van der Waals surface area contributed by atoms with E-state index in [1.54, 1.807) is 7.11 Å². The average molecular weight is 304 g/mol. The molecule has 1 saturated carbocycles. The van der Waals surface area contributed by atoms with Crippen molar-refractivity contribution in [1.82, 2.24) is 10.2 Å². The molecule has 1 saturated heterocycles. The SMILES string of the molecule is COc1cccc(C(O)CN2CC(=O)NC3CCCCC32)c1. The number of nitrogens with one attached hydrogen (secondary N) is 1. The van der Waals surface area contributed by atoms with Gasteiger partial charge in [0.05, 0.1) is 19.8 Å². The van der Waals surface area contributed by atoms with E-state index in [1.165, 1.54) is 12.8 Å². The molecule has 1 aliphatic carbocycles. The van der Waals surface area contributed by atoms with Gasteiger partial charge in [0.25, 0.3) is 0 Å². The van der Waals surface area contributed by atoms with Crippen LogP contribution in [0.3, 0.4) is 0 Å². The number of carbonyl (C=O) groups excluding carboxylic acids is 1. The van der Waals surface area contributed by atoms with Crippen molar-refractivity contribution < 1.29 is 14.6 Å². The Balaban J connectivity index is 1.71. The molecule has 0 aromatic heterocycles. The van der Waals surface area contributed by atoms with Gasteiger partial charge in [-0.15, -0.1) is 0 Å². The summed E-state index contributed by atoms with van der Waals surface area (Å²) < 4.78 is 5.21. The van der Waals surface area contributed by atoms with Crippen molar-refractivity contribution in [3.05, 3.63) is 29.8 Å². The lowest BCUT2D eigenvalue weighted by atomic mass is 9.87. The summed E-state index contributed by atoms with van der Waals surface area (Å²) in [5.41, 5.74) is 0.831. The quantitative estimate of drug-likeness (QED) is 0.884. The van der Waals surface area contributed by atoms with Crippen molar-refractivity contribution in [3.8, 4) is 5.75 Å². The molecule has 2 fully saturated rings. The van der Waals surface area contributed by atoms with Crippen LogP contribution in [0, 0.1) is 0 Å². The van der Waals surface area contributed by atoms with Crippen LogP contribution in [-0.4, -0.2) is 48.2 Å². The van der Waals surface area contributed by atoms with Crippen LogP contribution in [0.15, 0.2) is 24.3 Å². The topological polar surface area (TPSA) is 61.8 Å². The smallest absolute Gasteiger partial charge is 0.234 e. The summed E-state index contributed by atoms with van der Waals surface area (Å²) in [6, 6.07) is 8.09. The summed E-state index contributed by atoms with van der Waals surface area (Å²) in [6.45, 7) is 0.865. The second kappa shape index (κ2) is 6.67. The fraction of sp³-hybridized carbons (Fsp3) is 0.588. The molecule has 3 rings (SSSR count). The number of nitrogens with zero attached hydrogens (tertiary/aromatic N) is 1. The number of β-amino-alcohol motifs (C(OH)–C–C–N with tert-alkyl or cyclic N) is 1.